The smallest absolute Gasteiger partial charge is 0.132 e. The lowest BCUT2D eigenvalue weighted by atomic mass is 10.0. The van der Waals surface area contributed by atoms with E-state index in [0.717, 1.165) is 16.7 Å². The molecule has 0 spiro atoms. The second kappa shape index (κ2) is 5.69. The van der Waals surface area contributed by atoms with Crippen molar-refractivity contribution in [1.29, 1.82) is 0 Å². The molecule has 18 heavy (non-hydrogen) atoms. The predicted molar refractivity (Wildman–Crippen MR) is 76.9 cm³/mol. The number of allylic oxidation sites excluding steroid dienone is 1. The minimum absolute atomic E-state index is 0.0322. The van der Waals surface area contributed by atoms with Crippen LogP contribution in [-0.2, 0) is 0 Å². The lowest BCUT2D eigenvalue weighted by Gasteiger charge is -2.15. The van der Waals surface area contributed by atoms with Crippen LogP contribution in [0.2, 0.25) is 0 Å². The molecular formula is C16H19NO. The summed E-state index contributed by atoms with van der Waals surface area (Å²) in [5.74, 6) is 0.904. The van der Waals surface area contributed by atoms with Crippen molar-refractivity contribution in [3.63, 3.8) is 0 Å². The van der Waals surface area contributed by atoms with Gasteiger partial charge in [0, 0.05) is 17.0 Å². The molecule has 1 atom stereocenters. The van der Waals surface area contributed by atoms with Gasteiger partial charge in [-0.05, 0) is 19.2 Å². The molecule has 2 N–H and O–H groups in total. The second-order valence-electron chi connectivity index (χ2n) is 4.37. The first-order valence-corrected chi connectivity index (χ1v) is 6.25. The van der Waals surface area contributed by atoms with E-state index in [-0.39, 0.29) is 6.04 Å². The molecular weight excluding hydrogens is 222 g/mol. The molecule has 0 aliphatic rings. The molecule has 2 rings (SSSR count). The number of hydrogen-bond donors (Lipinski definition) is 1. The van der Waals surface area contributed by atoms with E-state index in [1.165, 1.54) is 5.39 Å². The number of nitrogens with two attached hydrogens (primary N) is 1. The van der Waals surface area contributed by atoms with Crippen molar-refractivity contribution < 1.29 is 4.74 Å². The van der Waals surface area contributed by atoms with Crippen LogP contribution in [0.1, 0.15) is 25.5 Å². The van der Waals surface area contributed by atoms with Gasteiger partial charge in [0.25, 0.3) is 0 Å². The van der Waals surface area contributed by atoms with Gasteiger partial charge < -0.3 is 10.5 Å². The summed E-state index contributed by atoms with van der Waals surface area (Å²) in [6, 6.07) is 12.3. The summed E-state index contributed by atoms with van der Waals surface area (Å²) in [5.41, 5.74) is 7.07. The van der Waals surface area contributed by atoms with E-state index in [0.29, 0.717) is 6.61 Å². The molecule has 0 bridgehead atoms. The lowest BCUT2D eigenvalue weighted by Crippen LogP contribution is -2.08. The Hall–Kier alpha value is -1.80. The number of benzene rings is 2. The first-order chi connectivity index (χ1) is 8.74. The fourth-order valence-corrected chi connectivity index (χ4v) is 2.01. The standard InChI is InChI=1S/C16H19NO/c1-3-4-11-18-16-14(12(2)17)10-9-13-7-5-6-8-15(13)16/h3-10,12H,11,17H2,1-2H3/b4-3+. The van der Waals surface area contributed by atoms with Gasteiger partial charge in [0.05, 0.1) is 0 Å². The zero-order valence-electron chi connectivity index (χ0n) is 10.9. The van der Waals surface area contributed by atoms with Gasteiger partial charge in [0.2, 0.25) is 0 Å². The molecule has 0 radical (unpaired) electrons. The van der Waals surface area contributed by atoms with Crippen LogP contribution in [0.25, 0.3) is 10.8 Å². The van der Waals surface area contributed by atoms with Crippen molar-refractivity contribution >= 4 is 10.8 Å². The molecule has 0 aromatic heterocycles. The van der Waals surface area contributed by atoms with Gasteiger partial charge in [-0.15, -0.1) is 0 Å². The van der Waals surface area contributed by atoms with E-state index in [1.807, 2.05) is 38.1 Å². The van der Waals surface area contributed by atoms with Crippen molar-refractivity contribution in [1.82, 2.24) is 0 Å². The summed E-state index contributed by atoms with van der Waals surface area (Å²) in [4.78, 5) is 0. The van der Waals surface area contributed by atoms with Crippen LogP contribution < -0.4 is 10.5 Å². The largest absolute Gasteiger partial charge is 0.489 e. The maximum absolute atomic E-state index is 6.01. The van der Waals surface area contributed by atoms with Crippen LogP contribution in [-0.4, -0.2) is 6.61 Å². The Morgan fingerprint density at radius 3 is 2.72 bits per heavy atom. The third-order valence-electron chi connectivity index (χ3n) is 2.96. The van der Waals surface area contributed by atoms with E-state index in [2.05, 4.69) is 24.3 Å². The van der Waals surface area contributed by atoms with Crippen LogP contribution in [0, 0.1) is 0 Å². The Balaban J connectivity index is 2.51. The van der Waals surface area contributed by atoms with E-state index < -0.39 is 0 Å². The van der Waals surface area contributed by atoms with Crippen molar-refractivity contribution in [3.8, 4) is 5.75 Å². The lowest BCUT2D eigenvalue weighted by molar-refractivity contribution is 0.361. The molecule has 2 nitrogen and oxygen atoms in total. The van der Waals surface area contributed by atoms with Crippen molar-refractivity contribution in [3.05, 3.63) is 54.1 Å². The van der Waals surface area contributed by atoms with E-state index in [1.54, 1.807) is 0 Å². The summed E-state index contributed by atoms with van der Waals surface area (Å²) in [7, 11) is 0. The van der Waals surface area contributed by atoms with Crippen LogP contribution in [0.3, 0.4) is 0 Å². The Morgan fingerprint density at radius 2 is 2.00 bits per heavy atom. The molecule has 0 fully saturated rings. The Kier molecular flexibility index (Phi) is 4.00. The average molecular weight is 241 g/mol. The fraction of sp³-hybridized carbons (Fsp3) is 0.250. The third kappa shape index (κ3) is 2.54. The summed E-state index contributed by atoms with van der Waals surface area (Å²) < 4.78 is 5.89. The molecule has 0 aliphatic carbocycles. The quantitative estimate of drug-likeness (QED) is 0.826. The molecule has 0 heterocycles. The molecule has 0 aliphatic heterocycles. The summed E-state index contributed by atoms with van der Waals surface area (Å²) >= 11 is 0. The van der Waals surface area contributed by atoms with Crippen molar-refractivity contribution in [2.75, 3.05) is 6.61 Å². The zero-order valence-corrected chi connectivity index (χ0v) is 10.9. The fourth-order valence-electron chi connectivity index (χ4n) is 2.01. The zero-order chi connectivity index (χ0) is 13.0. The molecule has 2 heteroatoms. The number of fused-ring (bicyclic) bond motifs is 1. The van der Waals surface area contributed by atoms with E-state index in [4.69, 9.17) is 10.5 Å². The Labute approximate surface area is 108 Å². The number of ether oxygens (including phenoxy) is 1. The normalized spacial score (nSPS) is 13.1. The monoisotopic (exact) mass is 241 g/mol. The summed E-state index contributed by atoms with van der Waals surface area (Å²) in [6.07, 6.45) is 3.98. The molecule has 94 valence electrons. The van der Waals surface area contributed by atoms with Gasteiger partial charge in [-0.25, -0.2) is 0 Å². The Bertz CT molecular complexity index is 558. The molecule has 0 amide bonds. The second-order valence-corrected chi connectivity index (χ2v) is 4.37. The predicted octanol–water partition coefficient (Wildman–Crippen LogP) is 3.81. The van der Waals surface area contributed by atoms with Gasteiger partial charge in [0.15, 0.2) is 0 Å². The first kappa shape index (κ1) is 12.7. The minimum atomic E-state index is -0.0322. The van der Waals surface area contributed by atoms with Crippen molar-refractivity contribution in [2.24, 2.45) is 5.73 Å². The van der Waals surface area contributed by atoms with Crippen LogP contribution >= 0.6 is 0 Å². The van der Waals surface area contributed by atoms with Gasteiger partial charge in [-0.2, -0.15) is 0 Å². The first-order valence-electron chi connectivity index (χ1n) is 6.25. The highest BCUT2D eigenvalue weighted by atomic mass is 16.5. The highest BCUT2D eigenvalue weighted by molar-refractivity contribution is 5.89. The molecule has 0 saturated carbocycles. The van der Waals surface area contributed by atoms with Crippen molar-refractivity contribution in [2.45, 2.75) is 19.9 Å². The number of rotatable bonds is 4. The topological polar surface area (TPSA) is 35.2 Å². The maximum atomic E-state index is 6.01. The Morgan fingerprint density at radius 1 is 1.22 bits per heavy atom. The highest BCUT2D eigenvalue weighted by Crippen LogP contribution is 2.32. The van der Waals surface area contributed by atoms with Crippen LogP contribution in [0.15, 0.2) is 48.6 Å². The highest BCUT2D eigenvalue weighted by Gasteiger charge is 2.11. The van der Waals surface area contributed by atoms with Crippen LogP contribution in [0.5, 0.6) is 5.75 Å². The van der Waals surface area contributed by atoms with Crippen LogP contribution in [0.4, 0.5) is 0 Å². The van der Waals surface area contributed by atoms with Gasteiger partial charge in [0.1, 0.15) is 12.4 Å². The van der Waals surface area contributed by atoms with E-state index >= 15 is 0 Å². The summed E-state index contributed by atoms with van der Waals surface area (Å²) in [6.45, 7) is 4.54. The molecule has 0 saturated heterocycles. The van der Waals surface area contributed by atoms with Gasteiger partial charge in [-0.3, -0.25) is 0 Å². The average Bonchev–Trinajstić information content (AvgIpc) is 2.38. The molecule has 1 unspecified atom stereocenters. The minimum Gasteiger partial charge on any atom is -0.489 e. The van der Waals surface area contributed by atoms with Gasteiger partial charge >= 0.3 is 0 Å². The van der Waals surface area contributed by atoms with E-state index in [9.17, 15) is 0 Å². The third-order valence-corrected chi connectivity index (χ3v) is 2.96. The summed E-state index contributed by atoms with van der Waals surface area (Å²) in [5, 5.41) is 2.30. The molecule has 2 aromatic carbocycles. The SMILES string of the molecule is C/C=C/COc1c(C(C)N)ccc2ccccc12. The maximum Gasteiger partial charge on any atom is 0.132 e. The molecule has 2 aromatic rings. The number of hydrogen-bond acceptors (Lipinski definition) is 2. The van der Waals surface area contributed by atoms with Gasteiger partial charge in [-0.1, -0.05) is 48.6 Å².